The standard InChI is InChI=1S/C12H19N3.2ClH/c1-10(12-3-2-5-14-8-12)15-6-4-11(7-13)9-15;;/h2-3,5,8,10-11H,4,6-7,9,13H2,1H3;2*1H. The fraction of sp³-hybridized carbons (Fsp3) is 0.583. The van der Waals surface area contributed by atoms with E-state index in [2.05, 4.69) is 22.9 Å². The summed E-state index contributed by atoms with van der Waals surface area (Å²) in [5.74, 6) is 0.684. The molecule has 1 aliphatic heterocycles. The predicted octanol–water partition coefficient (Wildman–Crippen LogP) is 2.27. The van der Waals surface area contributed by atoms with Gasteiger partial charge in [-0.2, -0.15) is 0 Å². The van der Waals surface area contributed by atoms with Crippen LogP contribution in [0.3, 0.4) is 0 Å². The van der Waals surface area contributed by atoms with Crippen LogP contribution < -0.4 is 5.73 Å². The second kappa shape index (κ2) is 7.88. The van der Waals surface area contributed by atoms with Gasteiger partial charge in [0.2, 0.25) is 0 Å². The number of nitrogens with zero attached hydrogens (tertiary/aromatic N) is 2. The molecule has 0 saturated carbocycles. The summed E-state index contributed by atoms with van der Waals surface area (Å²) in [6.07, 6.45) is 5.02. The van der Waals surface area contributed by atoms with Gasteiger partial charge >= 0.3 is 0 Å². The first-order valence-corrected chi connectivity index (χ1v) is 5.65. The molecule has 1 aromatic heterocycles. The molecule has 2 rings (SSSR count). The highest BCUT2D eigenvalue weighted by Crippen LogP contribution is 2.26. The highest BCUT2D eigenvalue weighted by molar-refractivity contribution is 5.85. The van der Waals surface area contributed by atoms with E-state index in [0.29, 0.717) is 12.0 Å². The van der Waals surface area contributed by atoms with Gasteiger partial charge in [-0.25, -0.2) is 0 Å². The monoisotopic (exact) mass is 277 g/mol. The molecule has 0 aromatic carbocycles. The SMILES string of the molecule is CC(c1cccnc1)N1CCC(CN)C1.Cl.Cl. The van der Waals surface area contributed by atoms with Gasteiger partial charge in [0, 0.05) is 25.0 Å². The fourth-order valence-corrected chi connectivity index (χ4v) is 2.24. The second-order valence-electron chi connectivity index (χ2n) is 4.35. The number of hydrogen-bond acceptors (Lipinski definition) is 3. The smallest absolute Gasteiger partial charge is 0.0335 e. The van der Waals surface area contributed by atoms with Gasteiger partial charge in [-0.15, -0.1) is 24.8 Å². The average Bonchev–Trinajstić information content (AvgIpc) is 2.78. The third-order valence-corrected chi connectivity index (χ3v) is 3.37. The van der Waals surface area contributed by atoms with Crippen LogP contribution in [0.4, 0.5) is 0 Å². The maximum atomic E-state index is 5.70. The van der Waals surface area contributed by atoms with Gasteiger partial charge in [0.25, 0.3) is 0 Å². The lowest BCUT2D eigenvalue weighted by atomic mass is 10.1. The van der Waals surface area contributed by atoms with E-state index in [1.165, 1.54) is 12.0 Å². The van der Waals surface area contributed by atoms with Crippen molar-refractivity contribution in [2.24, 2.45) is 11.7 Å². The molecule has 1 saturated heterocycles. The zero-order chi connectivity index (χ0) is 10.7. The summed E-state index contributed by atoms with van der Waals surface area (Å²) in [6.45, 7) is 5.36. The molecule has 17 heavy (non-hydrogen) atoms. The average molecular weight is 278 g/mol. The Morgan fingerprint density at radius 1 is 1.53 bits per heavy atom. The van der Waals surface area contributed by atoms with Crippen LogP contribution in [-0.4, -0.2) is 29.5 Å². The molecular formula is C12H21Cl2N3. The Morgan fingerprint density at radius 3 is 2.82 bits per heavy atom. The van der Waals surface area contributed by atoms with Gasteiger partial charge in [-0.3, -0.25) is 9.88 Å². The lowest BCUT2D eigenvalue weighted by molar-refractivity contribution is 0.253. The number of nitrogens with two attached hydrogens (primary N) is 1. The van der Waals surface area contributed by atoms with E-state index in [9.17, 15) is 0 Å². The molecule has 0 amide bonds. The number of likely N-dealkylation sites (tertiary alicyclic amines) is 1. The Labute approximate surface area is 116 Å². The molecular weight excluding hydrogens is 257 g/mol. The summed E-state index contributed by atoms with van der Waals surface area (Å²) >= 11 is 0. The number of hydrogen-bond donors (Lipinski definition) is 1. The minimum absolute atomic E-state index is 0. The first-order chi connectivity index (χ1) is 7.31. The van der Waals surface area contributed by atoms with E-state index in [0.717, 1.165) is 19.6 Å². The summed E-state index contributed by atoms with van der Waals surface area (Å²) in [5.41, 5.74) is 7.00. The fourth-order valence-electron chi connectivity index (χ4n) is 2.24. The lowest BCUT2D eigenvalue weighted by Crippen LogP contribution is -2.26. The van der Waals surface area contributed by atoms with Crippen LogP contribution in [0.5, 0.6) is 0 Å². The molecule has 0 aliphatic carbocycles. The molecule has 0 bridgehead atoms. The maximum absolute atomic E-state index is 5.70. The first-order valence-electron chi connectivity index (χ1n) is 5.65. The second-order valence-corrected chi connectivity index (χ2v) is 4.35. The van der Waals surface area contributed by atoms with E-state index < -0.39 is 0 Å². The van der Waals surface area contributed by atoms with Crippen molar-refractivity contribution < 1.29 is 0 Å². The molecule has 0 radical (unpaired) electrons. The van der Waals surface area contributed by atoms with E-state index in [-0.39, 0.29) is 24.8 Å². The van der Waals surface area contributed by atoms with Crippen LogP contribution in [0.15, 0.2) is 24.5 Å². The number of rotatable bonds is 3. The molecule has 0 spiro atoms. The highest BCUT2D eigenvalue weighted by atomic mass is 35.5. The molecule has 98 valence electrons. The van der Waals surface area contributed by atoms with Gasteiger partial charge in [0.05, 0.1) is 0 Å². The Kier molecular flexibility index (Phi) is 7.71. The highest BCUT2D eigenvalue weighted by Gasteiger charge is 2.25. The van der Waals surface area contributed by atoms with Crippen molar-refractivity contribution >= 4 is 24.8 Å². The minimum Gasteiger partial charge on any atom is -0.330 e. The Bertz CT molecular complexity index is 308. The Hall–Kier alpha value is -0.350. The summed E-state index contributed by atoms with van der Waals surface area (Å²) in [4.78, 5) is 6.66. The molecule has 3 nitrogen and oxygen atoms in total. The molecule has 2 unspecified atom stereocenters. The van der Waals surface area contributed by atoms with Crippen LogP contribution in [0.1, 0.15) is 24.9 Å². The molecule has 1 aliphatic rings. The van der Waals surface area contributed by atoms with Gasteiger partial charge in [-0.1, -0.05) is 6.07 Å². The topological polar surface area (TPSA) is 42.2 Å². The minimum atomic E-state index is 0. The molecule has 2 heterocycles. The third-order valence-electron chi connectivity index (χ3n) is 3.37. The maximum Gasteiger partial charge on any atom is 0.0335 e. The number of halogens is 2. The largest absolute Gasteiger partial charge is 0.330 e. The van der Waals surface area contributed by atoms with Crippen LogP contribution >= 0.6 is 24.8 Å². The zero-order valence-corrected chi connectivity index (χ0v) is 11.7. The van der Waals surface area contributed by atoms with Crippen molar-refractivity contribution in [1.82, 2.24) is 9.88 Å². The normalized spacial score (nSPS) is 21.4. The first kappa shape index (κ1) is 16.6. The molecule has 2 N–H and O–H groups in total. The summed E-state index contributed by atoms with van der Waals surface area (Å²) in [6, 6.07) is 4.62. The third kappa shape index (κ3) is 4.11. The molecule has 2 atom stereocenters. The quantitative estimate of drug-likeness (QED) is 0.922. The van der Waals surface area contributed by atoms with E-state index in [1.807, 2.05) is 18.5 Å². The van der Waals surface area contributed by atoms with Gasteiger partial charge in [0.1, 0.15) is 0 Å². The Balaban J connectivity index is 0.00000128. The van der Waals surface area contributed by atoms with Crippen molar-refractivity contribution in [3.8, 4) is 0 Å². The van der Waals surface area contributed by atoms with E-state index >= 15 is 0 Å². The summed E-state index contributed by atoms with van der Waals surface area (Å²) in [7, 11) is 0. The molecule has 5 heteroatoms. The van der Waals surface area contributed by atoms with Crippen LogP contribution in [-0.2, 0) is 0 Å². The number of pyridine rings is 1. The van der Waals surface area contributed by atoms with Crippen molar-refractivity contribution in [3.05, 3.63) is 30.1 Å². The Morgan fingerprint density at radius 2 is 2.29 bits per heavy atom. The van der Waals surface area contributed by atoms with Crippen molar-refractivity contribution in [1.29, 1.82) is 0 Å². The predicted molar refractivity (Wildman–Crippen MR) is 75.9 cm³/mol. The molecule has 1 fully saturated rings. The van der Waals surface area contributed by atoms with Gasteiger partial charge in [0.15, 0.2) is 0 Å². The van der Waals surface area contributed by atoms with Crippen molar-refractivity contribution in [2.45, 2.75) is 19.4 Å². The zero-order valence-electron chi connectivity index (χ0n) is 10.1. The lowest BCUT2D eigenvalue weighted by Gasteiger charge is -2.24. The van der Waals surface area contributed by atoms with Crippen LogP contribution in [0.2, 0.25) is 0 Å². The van der Waals surface area contributed by atoms with Crippen molar-refractivity contribution in [2.75, 3.05) is 19.6 Å². The molecule has 1 aromatic rings. The van der Waals surface area contributed by atoms with Crippen LogP contribution in [0.25, 0.3) is 0 Å². The van der Waals surface area contributed by atoms with Crippen molar-refractivity contribution in [3.63, 3.8) is 0 Å². The summed E-state index contributed by atoms with van der Waals surface area (Å²) in [5, 5.41) is 0. The van der Waals surface area contributed by atoms with Crippen LogP contribution in [0, 0.1) is 5.92 Å². The van der Waals surface area contributed by atoms with Gasteiger partial charge < -0.3 is 5.73 Å². The van der Waals surface area contributed by atoms with E-state index in [1.54, 1.807) is 0 Å². The van der Waals surface area contributed by atoms with E-state index in [4.69, 9.17) is 5.73 Å². The van der Waals surface area contributed by atoms with Gasteiger partial charge in [-0.05, 0) is 44.0 Å². The number of aromatic nitrogens is 1. The summed E-state index contributed by atoms with van der Waals surface area (Å²) < 4.78 is 0.